The molecule has 0 heterocycles. The van der Waals surface area contributed by atoms with E-state index in [1.807, 2.05) is 0 Å². The van der Waals surface area contributed by atoms with Crippen molar-refractivity contribution in [2.45, 2.75) is 51.4 Å². The molecule has 0 bridgehead atoms. The van der Waals surface area contributed by atoms with Gasteiger partial charge in [-0.3, -0.25) is 9.59 Å². The van der Waals surface area contributed by atoms with E-state index < -0.39 is 0 Å². The number of rotatable bonds is 0. The highest BCUT2D eigenvalue weighted by Gasteiger charge is 2.64. The van der Waals surface area contributed by atoms with Crippen LogP contribution in [0.4, 0.5) is 0 Å². The summed E-state index contributed by atoms with van der Waals surface area (Å²) in [7, 11) is 0. The molecule has 6 fully saturated rings. The molecule has 22 heavy (non-hydrogen) atoms. The molecule has 0 radical (unpaired) electrons. The molecule has 6 aliphatic rings. The van der Waals surface area contributed by atoms with Crippen LogP contribution >= 0.6 is 0 Å². The quantitative estimate of drug-likeness (QED) is 0.686. The molecular formula is C20H26O2. The van der Waals surface area contributed by atoms with Gasteiger partial charge in [-0.2, -0.15) is 0 Å². The highest BCUT2D eigenvalue weighted by molar-refractivity contribution is 5.84. The van der Waals surface area contributed by atoms with Crippen LogP contribution in [0, 0.1) is 59.2 Å². The van der Waals surface area contributed by atoms with Gasteiger partial charge in [-0.25, -0.2) is 0 Å². The van der Waals surface area contributed by atoms with Crippen LogP contribution in [0.25, 0.3) is 0 Å². The van der Waals surface area contributed by atoms with Gasteiger partial charge in [0.05, 0.1) is 0 Å². The molecule has 0 aromatic rings. The maximum Gasteiger partial charge on any atom is 0.136 e. The normalized spacial score (nSPS) is 61.3. The van der Waals surface area contributed by atoms with Crippen LogP contribution in [0.1, 0.15) is 51.4 Å². The summed E-state index contributed by atoms with van der Waals surface area (Å²) in [5.41, 5.74) is 0. The maximum atomic E-state index is 12.1. The minimum absolute atomic E-state index is 0.456. The van der Waals surface area contributed by atoms with Crippen molar-refractivity contribution in [3.05, 3.63) is 0 Å². The van der Waals surface area contributed by atoms with Crippen LogP contribution < -0.4 is 0 Å². The summed E-state index contributed by atoms with van der Waals surface area (Å²) in [5, 5.41) is 0. The number of ketones is 2. The Labute approximate surface area is 132 Å². The molecule has 6 aliphatic carbocycles. The van der Waals surface area contributed by atoms with E-state index in [0.29, 0.717) is 23.4 Å². The van der Waals surface area contributed by atoms with E-state index in [2.05, 4.69) is 0 Å². The SMILES string of the molecule is O=C1CC[C@@H]2[C@@H]3C[C@@H]4[C@@H](C[C@@H]5[C@H]4C[C@@H]4C(=O)CC[C@H]54)[C@@H]3C[C@H]12. The van der Waals surface area contributed by atoms with E-state index in [0.717, 1.165) is 60.2 Å². The van der Waals surface area contributed by atoms with Gasteiger partial charge >= 0.3 is 0 Å². The molecule has 0 N–H and O–H groups in total. The largest absolute Gasteiger partial charge is 0.299 e. The van der Waals surface area contributed by atoms with Gasteiger partial charge in [-0.1, -0.05) is 0 Å². The van der Waals surface area contributed by atoms with Gasteiger partial charge in [0.1, 0.15) is 11.6 Å². The predicted molar refractivity (Wildman–Crippen MR) is 81.9 cm³/mol. The van der Waals surface area contributed by atoms with Crippen molar-refractivity contribution in [1.29, 1.82) is 0 Å². The van der Waals surface area contributed by atoms with Crippen LogP contribution in [0.3, 0.4) is 0 Å². The lowest BCUT2D eigenvalue weighted by atomic mass is 9.82. The Morgan fingerprint density at radius 3 is 1.32 bits per heavy atom. The van der Waals surface area contributed by atoms with E-state index in [1.54, 1.807) is 0 Å². The number of carbonyl (C=O) groups is 2. The van der Waals surface area contributed by atoms with Crippen LogP contribution in [0.2, 0.25) is 0 Å². The number of hydrogen-bond acceptors (Lipinski definition) is 2. The fourth-order valence-corrected chi connectivity index (χ4v) is 8.72. The molecule has 2 heteroatoms. The van der Waals surface area contributed by atoms with Crippen molar-refractivity contribution in [3.8, 4) is 0 Å². The summed E-state index contributed by atoms with van der Waals surface area (Å²) in [4.78, 5) is 24.2. The second-order valence-electron chi connectivity index (χ2n) is 9.48. The number of fused-ring (bicyclic) bond motifs is 9. The zero-order valence-corrected chi connectivity index (χ0v) is 13.2. The standard InChI is InChI=1S/C20H26O2/c21-19-3-1-9-11-5-13-14(15(11)7-17(9)19)6-12-10-2-4-20(22)18(10)8-16(12)13/h9-18H,1-8H2/t9-,10-,11+,12+,13-,14-,15-,16-,17+,18+/m1/s1. The Morgan fingerprint density at radius 1 is 0.500 bits per heavy atom. The summed E-state index contributed by atoms with van der Waals surface area (Å²) < 4.78 is 0. The fourth-order valence-electron chi connectivity index (χ4n) is 8.72. The second-order valence-corrected chi connectivity index (χ2v) is 9.48. The third-order valence-corrected chi connectivity index (χ3v) is 9.30. The third-order valence-electron chi connectivity index (χ3n) is 9.30. The van der Waals surface area contributed by atoms with Crippen LogP contribution in [-0.2, 0) is 9.59 Å². The molecule has 0 aliphatic heterocycles. The minimum Gasteiger partial charge on any atom is -0.299 e. The molecule has 0 aromatic heterocycles. The van der Waals surface area contributed by atoms with Crippen LogP contribution in [0.5, 0.6) is 0 Å². The topological polar surface area (TPSA) is 34.1 Å². The van der Waals surface area contributed by atoms with Gasteiger partial charge in [-0.15, -0.1) is 0 Å². The van der Waals surface area contributed by atoms with E-state index in [1.165, 1.54) is 38.5 Å². The van der Waals surface area contributed by atoms with Gasteiger partial charge in [0.2, 0.25) is 0 Å². The highest BCUT2D eigenvalue weighted by Crippen LogP contribution is 2.69. The lowest BCUT2D eigenvalue weighted by Gasteiger charge is -2.23. The summed E-state index contributed by atoms with van der Waals surface area (Å²) in [6.45, 7) is 0. The molecule has 6 saturated carbocycles. The molecule has 118 valence electrons. The zero-order valence-electron chi connectivity index (χ0n) is 13.2. The summed E-state index contributed by atoms with van der Waals surface area (Å²) in [6.07, 6.45) is 9.45. The van der Waals surface area contributed by atoms with E-state index in [9.17, 15) is 9.59 Å². The Bertz CT molecular complexity index is 516. The number of Topliss-reactive ketones (excluding diaryl/α,β-unsaturated/α-hetero) is 2. The first-order chi connectivity index (χ1) is 10.7. The average molecular weight is 298 g/mol. The monoisotopic (exact) mass is 298 g/mol. The average Bonchev–Trinajstić information content (AvgIpc) is 3.23. The minimum atomic E-state index is 0.456. The van der Waals surface area contributed by atoms with Gasteiger partial charge < -0.3 is 0 Å². The van der Waals surface area contributed by atoms with Gasteiger partial charge in [0, 0.05) is 24.7 Å². The lowest BCUT2D eigenvalue weighted by molar-refractivity contribution is -0.122. The molecule has 0 unspecified atom stereocenters. The molecule has 0 aromatic carbocycles. The molecule has 6 rings (SSSR count). The first kappa shape index (κ1) is 12.7. The van der Waals surface area contributed by atoms with Crippen LogP contribution in [0.15, 0.2) is 0 Å². The summed E-state index contributed by atoms with van der Waals surface area (Å²) in [5.74, 6) is 8.97. The lowest BCUT2D eigenvalue weighted by Crippen LogP contribution is -2.18. The molecule has 0 saturated heterocycles. The fraction of sp³-hybridized carbons (Fsp3) is 0.900. The van der Waals surface area contributed by atoms with E-state index in [4.69, 9.17) is 0 Å². The predicted octanol–water partition coefficient (Wildman–Crippen LogP) is 3.49. The van der Waals surface area contributed by atoms with E-state index >= 15 is 0 Å². The molecule has 0 amide bonds. The molecule has 2 nitrogen and oxygen atoms in total. The smallest absolute Gasteiger partial charge is 0.136 e. The first-order valence-electron chi connectivity index (χ1n) is 9.78. The first-order valence-corrected chi connectivity index (χ1v) is 9.78. The Morgan fingerprint density at radius 2 is 0.864 bits per heavy atom. The molecule has 10 atom stereocenters. The molecular weight excluding hydrogens is 272 g/mol. The Kier molecular flexibility index (Phi) is 2.34. The van der Waals surface area contributed by atoms with Crippen molar-refractivity contribution in [2.24, 2.45) is 59.2 Å². The van der Waals surface area contributed by atoms with Gasteiger partial charge in [0.25, 0.3) is 0 Å². The van der Waals surface area contributed by atoms with Crippen molar-refractivity contribution in [3.63, 3.8) is 0 Å². The summed E-state index contributed by atoms with van der Waals surface area (Å²) in [6, 6.07) is 0. The molecule has 0 spiro atoms. The van der Waals surface area contributed by atoms with Crippen molar-refractivity contribution in [2.75, 3.05) is 0 Å². The van der Waals surface area contributed by atoms with E-state index in [-0.39, 0.29) is 0 Å². The van der Waals surface area contributed by atoms with Gasteiger partial charge in [-0.05, 0) is 85.9 Å². The highest BCUT2D eigenvalue weighted by atomic mass is 16.1. The van der Waals surface area contributed by atoms with Crippen molar-refractivity contribution >= 4 is 11.6 Å². The van der Waals surface area contributed by atoms with Crippen molar-refractivity contribution < 1.29 is 9.59 Å². The maximum absolute atomic E-state index is 12.1. The zero-order chi connectivity index (χ0) is 14.6. The van der Waals surface area contributed by atoms with Gasteiger partial charge in [0.15, 0.2) is 0 Å². The van der Waals surface area contributed by atoms with Crippen LogP contribution in [-0.4, -0.2) is 11.6 Å². The Balaban J connectivity index is 1.28. The Hall–Kier alpha value is -0.660. The number of hydrogen-bond donors (Lipinski definition) is 0. The number of carbonyl (C=O) groups excluding carboxylic acids is 2. The second kappa shape index (κ2) is 4.05. The van der Waals surface area contributed by atoms with Crippen molar-refractivity contribution in [1.82, 2.24) is 0 Å². The third kappa shape index (κ3) is 1.35. The summed E-state index contributed by atoms with van der Waals surface area (Å²) >= 11 is 0.